The maximum Gasteiger partial charge on any atom is 0.324 e. The van der Waals surface area contributed by atoms with E-state index < -0.39 is 0 Å². The normalized spacial score (nSPS) is 23.8. The predicted molar refractivity (Wildman–Crippen MR) is 130 cm³/mol. The van der Waals surface area contributed by atoms with E-state index in [4.69, 9.17) is 0 Å². The Kier molecular flexibility index (Phi) is 6.05. The lowest BCUT2D eigenvalue weighted by Crippen LogP contribution is -2.50. The molecule has 6 nitrogen and oxygen atoms in total. The Balaban J connectivity index is 1.60. The van der Waals surface area contributed by atoms with Gasteiger partial charge >= 0.3 is 6.03 Å². The van der Waals surface area contributed by atoms with Gasteiger partial charge in [0.25, 0.3) is 0 Å². The number of fused-ring (bicyclic) bond motifs is 1. The summed E-state index contributed by atoms with van der Waals surface area (Å²) in [5.41, 5.74) is 3.21. The van der Waals surface area contributed by atoms with E-state index in [2.05, 4.69) is 80.7 Å². The molecule has 1 unspecified atom stereocenters. The molecule has 164 valence electrons. The van der Waals surface area contributed by atoms with Crippen molar-refractivity contribution in [2.24, 2.45) is 5.41 Å². The van der Waals surface area contributed by atoms with Crippen LogP contribution >= 0.6 is 9.39 Å². The van der Waals surface area contributed by atoms with Crippen LogP contribution in [0.1, 0.15) is 38.2 Å². The predicted octanol–water partition coefficient (Wildman–Crippen LogP) is 4.91. The second-order valence-electron chi connectivity index (χ2n) is 9.24. The molecule has 2 aromatic heterocycles. The largest absolute Gasteiger partial charge is 0.360 e. The zero-order chi connectivity index (χ0) is 22.1. The average molecular weight is 438 g/mol. The Hall–Kier alpha value is -2.43. The fraction of sp³-hybridized carbons (Fsp3) is 0.417. The molecule has 3 aromatic rings. The van der Waals surface area contributed by atoms with Crippen LogP contribution in [0.15, 0.2) is 55.0 Å². The molecule has 1 aliphatic rings. The highest BCUT2D eigenvalue weighted by molar-refractivity contribution is 7.15. The van der Waals surface area contributed by atoms with Crippen molar-refractivity contribution in [3.05, 3.63) is 60.6 Å². The maximum atomic E-state index is 12.9. The summed E-state index contributed by atoms with van der Waals surface area (Å²) in [6, 6.07) is 12.7. The van der Waals surface area contributed by atoms with Crippen molar-refractivity contribution in [2.75, 3.05) is 25.5 Å². The van der Waals surface area contributed by atoms with E-state index in [0.717, 1.165) is 42.3 Å². The highest BCUT2D eigenvalue weighted by Gasteiger charge is 2.44. The van der Waals surface area contributed by atoms with Gasteiger partial charge in [-0.25, -0.2) is 4.79 Å². The second kappa shape index (κ2) is 8.60. The number of nitrogens with one attached hydrogen (secondary N) is 2. The van der Waals surface area contributed by atoms with Crippen molar-refractivity contribution >= 4 is 32.0 Å². The minimum atomic E-state index is -0.130. The SMILES string of the molecule is CN(C)[C@]1(c2ccccc2)CC[C@@](C)(CN(C(=O)NP)c2cncc3[nH]ccc23)CC1. The summed E-state index contributed by atoms with van der Waals surface area (Å²) in [5.74, 6) is 0. The molecule has 4 rings (SSSR count). The summed E-state index contributed by atoms with van der Waals surface area (Å²) in [4.78, 5) is 24.7. The zero-order valence-corrected chi connectivity index (χ0v) is 19.7. The lowest BCUT2D eigenvalue weighted by atomic mass is 9.65. The Bertz CT molecular complexity index is 1040. The molecule has 31 heavy (non-hydrogen) atoms. The van der Waals surface area contributed by atoms with Crippen LogP contribution in [0.2, 0.25) is 0 Å². The maximum absolute atomic E-state index is 12.9. The quantitative estimate of drug-likeness (QED) is 0.558. The molecule has 2 heterocycles. The molecule has 1 aromatic carbocycles. The van der Waals surface area contributed by atoms with Gasteiger partial charge in [-0.15, -0.1) is 0 Å². The smallest absolute Gasteiger partial charge is 0.324 e. The first-order valence-electron chi connectivity index (χ1n) is 10.8. The molecule has 1 fully saturated rings. The van der Waals surface area contributed by atoms with Crippen LogP contribution in [0, 0.1) is 5.41 Å². The number of rotatable bonds is 5. The Morgan fingerprint density at radius 2 is 1.84 bits per heavy atom. The topological polar surface area (TPSA) is 64.3 Å². The molecule has 2 N–H and O–H groups in total. The summed E-state index contributed by atoms with van der Waals surface area (Å²) in [6.45, 7) is 2.96. The highest BCUT2D eigenvalue weighted by Crippen LogP contribution is 2.48. The average Bonchev–Trinajstić information content (AvgIpc) is 3.27. The fourth-order valence-corrected chi connectivity index (χ4v) is 5.23. The van der Waals surface area contributed by atoms with E-state index in [1.807, 2.05) is 17.2 Å². The molecule has 1 aliphatic carbocycles. The number of nitrogens with zero attached hydrogens (tertiary/aromatic N) is 3. The van der Waals surface area contributed by atoms with Crippen LogP contribution in [-0.4, -0.2) is 41.5 Å². The second-order valence-corrected chi connectivity index (χ2v) is 9.52. The summed E-state index contributed by atoms with van der Waals surface area (Å²) < 4.78 is 0. The van der Waals surface area contributed by atoms with E-state index in [0.29, 0.717) is 6.54 Å². The first-order chi connectivity index (χ1) is 14.9. The first-order valence-corrected chi connectivity index (χ1v) is 11.4. The third-order valence-electron chi connectivity index (χ3n) is 7.11. The number of anilines is 1. The zero-order valence-electron chi connectivity index (χ0n) is 18.6. The third-order valence-corrected chi connectivity index (χ3v) is 7.35. The van der Waals surface area contributed by atoms with Crippen LogP contribution in [0.3, 0.4) is 0 Å². The molecule has 0 spiro atoms. The number of carbonyl (C=O) groups is 1. The molecule has 0 radical (unpaired) electrons. The van der Waals surface area contributed by atoms with Gasteiger partial charge in [0.05, 0.1) is 23.6 Å². The van der Waals surface area contributed by atoms with Gasteiger partial charge in [-0.05, 0) is 66.2 Å². The molecule has 1 saturated carbocycles. The Labute approximate surface area is 186 Å². The van der Waals surface area contributed by atoms with Crippen LogP contribution < -0.4 is 9.99 Å². The number of hydrogen-bond acceptors (Lipinski definition) is 3. The number of pyridine rings is 1. The standard InChI is InChI=1S/C24H32N5OP/c1-23(10-12-24(13-11-23,28(2)3)18-7-5-4-6-8-18)17-29(22(30)27-31)21-16-25-15-20-19(21)9-14-26-20/h4-9,14-16,26H,10-13,17,31H2,1-3H3,(H,27,30)/t23-,24-. The van der Waals surface area contributed by atoms with E-state index in [1.165, 1.54) is 5.56 Å². The van der Waals surface area contributed by atoms with E-state index >= 15 is 0 Å². The summed E-state index contributed by atoms with van der Waals surface area (Å²) >= 11 is 0. The monoisotopic (exact) mass is 437 g/mol. The third kappa shape index (κ3) is 4.07. The number of H-pyrrole nitrogens is 1. The Morgan fingerprint density at radius 1 is 1.13 bits per heavy atom. The lowest BCUT2D eigenvalue weighted by Gasteiger charge is -2.50. The van der Waals surface area contributed by atoms with Gasteiger partial charge in [-0.3, -0.25) is 14.8 Å². The van der Waals surface area contributed by atoms with Crippen molar-refractivity contribution in [2.45, 2.75) is 38.1 Å². The van der Waals surface area contributed by atoms with Gasteiger partial charge in [-0.1, -0.05) is 37.3 Å². The van der Waals surface area contributed by atoms with Crippen molar-refractivity contribution in [3.63, 3.8) is 0 Å². The number of urea groups is 1. The minimum Gasteiger partial charge on any atom is -0.360 e. The van der Waals surface area contributed by atoms with Crippen molar-refractivity contribution < 1.29 is 4.79 Å². The summed E-state index contributed by atoms with van der Waals surface area (Å²) in [6.07, 6.45) is 9.67. The van der Waals surface area contributed by atoms with Gasteiger partial charge in [0.15, 0.2) is 0 Å². The van der Waals surface area contributed by atoms with Gasteiger partial charge in [-0.2, -0.15) is 0 Å². The number of hydrogen-bond donors (Lipinski definition) is 2. The number of carbonyl (C=O) groups excluding carboxylic acids is 1. The van der Waals surface area contributed by atoms with Gasteiger partial charge in [0, 0.05) is 23.7 Å². The number of aromatic nitrogens is 2. The van der Waals surface area contributed by atoms with E-state index in [-0.39, 0.29) is 17.0 Å². The fourth-order valence-electron chi connectivity index (χ4n) is 5.07. The molecule has 1 atom stereocenters. The lowest BCUT2D eigenvalue weighted by molar-refractivity contribution is 0.0459. The molecule has 7 heteroatoms. The van der Waals surface area contributed by atoms with Crippen LogP contribution in [0.5, 0.6) is 0 Å². The number of amides is 2. The van der Waals surface area contributed by atoms with Crippen molar-refractivity contribution in [1.82, 2.24) is 20.0 Å². The molecule has 2 amide bonds. The van der Waals surface area contributed by atoms with Crippen molar-refractivity contribution in [3.8, 4) is 0 Å². The molecular weight excluding hydrogens is 405 g/mol. The number of aromatic amines is 1. The van der Waals surface area contributed by atoms with E-state index in [1.54, 1.807) is 12.4 Å². The molecular formula is C24H32N5OP. The molecule has 0 aliphatic heterocycles. The molecule has 0 saturated heterocycles. The van der Waals surface area contributed by atoms with Crippen LogP contribution in [0.25, 0.3) is 10.9 Å². The molecule has 0 bridgehead atoms. The van der Waals surface area contributed by atoms with E-state index in [9.17, 15) is 4.79 Å². The van der Waals surface area contributed by atoms with Gasteiger partial charge in [0.2, 0.25) is 0 Å². The van der Waals surface area contributed by atoms with Crippen molar-refractivity contribution in [1.29, 1.82) is 0 Å². The van der Waals surface area contributed by atoms with Crippen LogP contribution in [-0.2, 0) is 5.54 Å². The summed E-state index contributed by atoms with van der Waals surface area (Å²) in [7, 11) is 6.70. The number of benzene rings is 1. The summed E-state index contributed by atoms with van der Waals surface area (Å²) in [5, 5.41) is 3.75. The first kappa shape index (κ1) is 21.8. The van der Waals surface area contributed by atoms with Crippen LogP contribution in [0.4, 0.5) is 10.5 Å². The van der Waals surface area contributed by atoms with Gasteiger partial charge < -0.3 is 10.1 Å². The van der Waals surface area contributed by atoms with Gasteiger partial charge in [0.1, 0.15) is 0 Å². The minimum absolute atomic E-state index is 0.0178. The Morgan fingerprint density at radius 3 is 2.48 bits per heavy atom. The highest BCUT2D eigenvalue weighted by atomic mass is 31.0.